The molecule has 0 spiro atoms. The Labute approximate surface area is 151 Å². The smallest absolute Gasteiger partial charge is 0.358 e. The van der Waals surface area contributed by atoms with Gasteiger partial charge in [-0.15, -0.1) is 11.3 Å². The highest BCUT2D eigenvalue weighted by molar-refractivity contribution is 7.15. The van der Waals surface area contributed by atoms with Crippen LogP contribution >= 0.6 is 11.3 Å². The Balaban J connectivity index is 1.65. The van der Waals surface area contributed by atoms with Crippen LogP contribution in [0.3, 0.4) is 0 Å². The maximum Gasteiger partial charge on any atom is 0.389 e. The van der Waals surface area contributed by atoms with E-state index in [9.17, 15) is 19.3 Å². The molecule has 1 aromatic carbocycles. The lowest BCUT2D eigenvalue weighted by Crippen LogP contribution is -2.19. The third-order valence-corrected chi connectivity index (χ3v) is 4.64. The molecule has 0 saturated heterocycles. The molecule has 0 aliphatic heterocycles. The second-order valence-electron chi connectivity index (χ2n) is 5.47. The van der Waals surface area contributed by atoms with E-state index in [0.717, 1.165) is 4.88 Å². The van der Waals surface area contributed by atoms with E-state index in [4.69, 9.17) is 0 Å². The second-order valence-corrected chi connectivity index (χ2v) is 6.56. The van der Waals surface area contributed by atoms with Gasteiger partial charge in [-0.05, 0) is 23.5 Å². The van der Waals surface area contributed by atoms with Crippen LogP contribution in [0.2, 0.25) is 0 Å². The lowest BCUT2D eigenvalue weighted by molar-refractivity contribution is -0.389. The van der Waals surface area contributed by atoms with Gasteiger partial charge < -0.3 is 15.4 Å². The summed E-state index contributed by atoms with van der Waals surface area (Å²) in [6.45, 7) is 1.62. The molecule has 3 rings (SSSR count). The van der Waals surface area contributed by atoms with Gasteiger partial charge in [0.2, 0.25) is 5.91 Å². The van der Waals surface area contributed by atoms with E-state index in [1.807, 2.05) is 0 Å². The summed E-state index contributed by atoms with van der Waals surface area (Å²) in [5, 5.41) is 17.3. The van der Waals surface area contributed by atoms with Crippen LogP contribution in [0.15, 0.2) is 36.5 Å². The molecule has 26 heavy (non-hydrogen) atoms. The van der Waals surface area contributed by atoms with Crippen LogP contribution in [0.5, 0.6) is 0 Å². The van der Waals surface area contributed by atoms with Gasteiger partial charge in [0.1, 0.15) is 12.4 Å². The predicted octanol–water partition coefficient (Wildman–Crippen LogP) is 2.92. The zero-order valence-electron chi connectivity index (χ0n) is 13.7. The van der Waals surface area contributed by atoms with E-state index in [2.05, 4.69) is 15.4 Å². The van der Waals surface area contributed by atoms with Gasteiger partial charge in [0, 0.05) is 11.3 Å². The SMILES string of the molecule is Cc1nc(NC(=O)Cn2ccc([N+](=O)[O-])n2)sc1Cc1ccccc1F. The molecule has 134 valence electrons. The zero-order valence-corrected chi connectivity index (χ0v) is 14.5. The largest absolute Gasteiger partial charge is 0.389 e. The number of aromatic nitrogens is 3. The van der Waals surface area contributed by atoms with Gasteiger partial charge in [0.05, 0.1) is 23.1 Å². The van der Waals surface area contributed by atoms with Gasteiger partial charge in [0.15, 0.2) is 5.13 Å². The average molecular weight is 375 g/mol. The first-order valence-corrected chi connectivity index (χ1v) is 8.41. The number of nitro groups is 1. The molecule has 2 heterocycles. The fourth-order valence-electron chi connectivity index (χ4n) is 2.30. The molecule has 2 aromatic heterocycles. The van der Waals surface area contributed by atoms with Crippen molar-refractivity contribution in [2.75, 3.05) is 5.32 Å². The lowest BCUT2D eigenvalue weighted by atomic mass is 10.1. The molecule has 1 amide bonds. The van der Waals surface area contributed by atoms with Crippen LogP contribution in [0.25, 0.3) is 0 Å². The molecule has 0 unspecified atom stereocenters. The van der Waals surface area contributed by atoms with Gasteiger partial charge in [0.25, 0.3) is 0 Å². The Bertz CT molecular complexity index is 968. The van der Waals surface area contributed by atoms with E-state index in [-0.39, 0.29) is 18.2 Å². The minimum atomic E-state index is -0.631. The fraction of sp³-hybridized carbons (Fsp3) is 0.188. The number of carbonyl (C=O) groups is 1. The molecule has 1 N–H and O–H groups in total. The fourth-order valence-corrected chi connectivity index (χ4v) is 3.30. The minimum absolute atomic E-state index is 0.172. The van der Waals surface area contributed by atoms with Gasteiger partial charge in [-0.1, -0.05) is 18.2 Å². The molecule has 0 bridgehead atoms. The summed E-state index contributed by atoms with van der Waals surface area (Å²) in [4.78, 5) is 27.2. The molecule has 3 aromatic rings. The van der Waals surface area contributed by atoms with Crippen molar-refractivity contribution in [3.05, 3.63) is 68.6 Å². The van der Waals surface area contributed by atoms with E-state index in [0.29, 0.717) is 22.8 Å². The Morgan fingerprint density at radius 2 is 2.15 bits per heavy atom. The topological polar surface area (TPSA) is 103 Å². The number of benzene rings is 1. The Hall–Kier alpha value is -3.14. The Morgan fingerprint density at radius 1 is 1.38 bits per heavy atom. The molecule has 0 aliphatic rings. The number of rotatable bonds is 6. The first-order chi connectivity index (χ1) is 12.4. The predicted molar refractivity (Wildman–Crippen MR) is 93.6 cm³/mol. The molecular formula is C16H14FN5O3S. The summed E-state index contributed by atoms with van der Waals surface area (Å²) >= 11 is 1.26. The summed E-state index contributed by atoms with van der Waals surface area (Å²) in [7, 11) is 0. The van der Waals surface area contributed by atoms with Crippen LogP contribution in [-0.4, -0.2) is 25.6 Å². The first kappa shape index (κ1) is 17.7. The molecule has 0 radical (unpaired) electrons. The standard InChI is InChI=1S/C16H14FN5O3S/c1-10-13(8-11-4-2-3-5-12(11)17)26-16(18-10)19-15(23)9-21-7-6-14(20-21)22(24)25/h2-7H,8-9H2,1H3,(H,18,19,23). The van der Waals surface area contributed by atoms with Crippen molar-refractivity contribution in [2.45, 2.75) is 19.9 Å². The highest BCUT2D eigenvalue weighted by Crippen LogP contribution is 2.26. The van der Waals surface area contributed by atoms with Crippen molar-refractivity contribution in [2.24, 2.45) is 0 Å². The maximum atomic E-state index is 13.8. The van der Waals surface area contributed by atoms with E-state index in [1.54, 1.807) is 25.1 Å². The van der Waals surface area contributed by atoms with Crippen molar-refractivity contribution in [3.63, 3.8) is 0 Å². The molecule has 8 nitrogen and oxygen atoms in total. The van der Waals surface area contributed by atoms with E-state index < -0.39 is 10.8 Å². The van der Waals surface area contributed by atoms with Crippen molar-refractivity contribution in [3.8, 4) is 0 Å². The zero-order chi connectivity index (χ0) is 18.7. The maximum absolute atomic E-state index is 13.8. The van der Waals surface area contributed by atoms with Crippen molar-refractivity contribution >= 4 is 28.2 Å². The highest BCUT2D eigenvalue weighted by Gasteiger charge is 2.16. The van der Waals surface area contributed by atoms with Crippen LogP contribution < -0.4 is 5.32 Å². The normalized spacial score (nSPS) is 10.7. The van der Waals surface area contributed by atoms with Crippen molar-refractivity contribution in [1.29, 1.82) is 0 Å². The Kier molecular flexibility index (Phi) is 5.03. The van der Waals surface area contributed by atoms with Gasteiger partial charge >= 0.3 is 5.82 Å². The molecule has 0 saturated carbocycles. The number of halogens is 1. The number of nitrogens with zero attached hydrogens (tertiary/aromatic N) is 4. The quantitative estimate of drug-likeness (QED) is 0.527. The Morgan fingerprint density at radius 3 is 2.85 bits per heavy atom. The van der Waals surface area contributed by atoms with Crippen LogP contribution in [0.4, 0.5) is 15.3 Å². The average Bonchev–Trinajstić information content (AvgIpc) is 3.17. The monoisotopic (exact) mass is 375 g/mol. The summed E-state index contributed by atoms with van der Waals surface area (Å²) in [6, 6.07) is 7.72. The van der Waals surface area contributed by atoms with Gasteiger partial charge in [-0.3, -0.25) is 4.79 Å². The summed E-state index contributed by atoms with van der Waals surface area (Å²) < 4.78 is 15.0. The third kappa shape index (κ3) is 4.09. The van der Waals surface area contributed by atoms with Crippen LogP contribution in [0.1, 0.15) is 16.1 Å². The summed E-state index contributed by atoms with van der Waals surface area (Å²) in [6.07, 6.45) is 1.74. The lowest BCUT2D eigenvalue weighted by Gasteiger charge is -2.01. The minimum Gasteiger partial charge on any atom is -0.358 e. The van der Waals surface area contributed by atoms with Crippen LogP contribution in [0, 0.1) is 22.9 Å². The molecule has 0 aliphatic carbocycles. The first-order valence-electron chi connectivity index (χ1n) is 7.60. The molecule has 10 heteroatoms. The number of carbonyl (C=O) groups excluding carboxylic acids is 1. The number of amides is 1. The number of hydrogen-bond acceptors (Lipinski definition) is 6. The van der Waals surface area contributed by atoms with E-state index >= 15 is 0 Å². The molecule has 0 atom stereocenters. The summed E-state index contributed by atoms with van der Waals surface area (Å²) in [5.41, 5.74) is 1.27. The molecule has 0 fully saturated rings. The van der Waals surface area contributed by atoms with Crippen molar-refractivity contribution < 1.29 is 14.1 Å². The number of anilines is 1. The highest BCUT2D eigenvalue weighted by atomic mass is 32.1. The third-order valence-electron chi connectivity index (χ3n) is 3.57. The number of thiazole rings is 1. The second kappa shape index (κ2) is 7.40. The number of nitrogens with one attached hydrogen (secondary N) is 1. The number of aryl methyl sites for hydroxylation is 1. The van der Waals surface area contributed by atoms with Crippen LogP contribution in [-0.2, 0) is 17.8 Å². The van der Waals surface area contributed by atoms with Gasteiger partial charge in [-0.2, -0.15) is 4.68 Å². The van der Waals surface area contributed by atoms with Gasteiger partial charge in [-0.25, -0.2) is 9.37 Å². The molecular weight excluding hydrogens is 361 g/mol. The van der Waals surface area contributed by atoms with Crippen molar-refractivity contribution in [1.82, 2.24) is 14.8 Å². The summed E-state index contributed by atoms with van der Waals surface area (Å²) in [5.74, 6) is -1.02. The number of hydrogen-bond donors (Lipinski definition) is 1. The van der Waals surface area contributed by atoms with E-state index in [1.165, 1.54) is 34.3 Å².